The number of benzene rings is 1. The summed E-state index contributed by atoms with van der Waals surface area (Å²) in [5.41, 5.74) is 1.05. The van der Waals surface area contributed by atoms with Crippen molar-refractivity contribution in [1.82, 2.24) is 4.31 Å². The smallest absolute Gasteiger partial charge is 0.243 e. The van der Waals surface area contributed by atoms with E-state index in [-0.39, 0.29) is 6.10 Å². The molecule has 0 aromatic heterocycles. The van der Waals surface area contributed by atoms with Crippen LogP contribution in [0.5, 0.6) is 0 Å². The summed E-state index contributed by atoms with van der Waals surface area (Å²) in [4.78, 5) is 0.349. The van der Waals surface area contributed by atoms with Crippen molar-refractivity contribution < 1.29 is 13.2 Å². The zero-order valence-electron chi connectivity index (χ0n) is 12.8. The van der Waals surface area contributed by atoms with Crippen LogP contribution in [0.15, 0.2) is 41.3 Å². The van der Waals surface area contributed by atoms with Crippen molar-refractivity contribution in [1.29, 1.82) is 0 Å². The van der Waals surface area contributed by atoms with Crippen molar-refractivity contribution in [2.45, 2.75) is 31.8 Å². The minimum atomic E-state index is -3.43. The number of hydrogen-bond donors (Lipinski definition) is 0. The minimum absolute atomic E-state index is 0.165. The highest BCUT2D eigenvalue weighted by atomic mass is 32.2. The van der Waals surface area contributed by atoms with E-state index < -0.39 is 10.0 Å². The predicted molar refractivity (Wildman–Crippen MR) is 83.7 cm³/mol. The largest absolute Gasteiger partial charge is 0.371 e. The summed E-state index contributed by atoms with van der Waals surface area (Å²) in [5.74, 6) is 0.428. The van der Waals surface area contributed by atoms with Gasteiger partial charge in [-0.05, 0) is 25.0 Å². The molecule has 0 unspecified atom stereocenters. The monoisotopic (exact) mass is 309 g/mol. The molecule has 0 N–H and O–H groups in total. The highest BCUT2D eigenvalue weighted by Gasteiger charge is 2.29. The molecular formula is C16H23NO3S. The molecule has 0 saturated carbocycles. The van der Waals surface area contributed by atoms with Gasteiger partial charge in [0.1, 0.15) is 0 Å². The first-order chi connectivity index (χ1) is 9.89. The van der Waals surface area contributed by atoms with Gasteiger partial charge in [-0.25, -0.2) is 8.42 Å². The molecule has 21 heavy (non-hydrogen) atoms. The lowest BCUT2D eigenvalue weighted by Crippen LogP contribution is -2.44. The second-order valence-corrected chi connectivity index (χ2v) is 7.65. The van der Waals surface area contributed by atoms with Crippen LogP contribution in [0, 0.1) is 12.8 Å². The Kier molecular flexibility index (Phi) is 5.19. The maximum atomic E-state index is 12.6. The molecule has 1 atom stereocenters. The summed E-state index contributed by atoms with van der Waals surface area (Å²) in [6, 6.07) is 6.98. The van der Waals surface area contributed by atoms with Crippen LogP contribution >= 0.6 is 0 Å². The Labute approximate surface area is 127 Å². The Bertz CT molecular complexity index is 590. The van der Waals surface area contributed by atoms with Crippen LogP contribution in [-0.4, -0.2) is 38.5 Å². The van der Waals surface area contributed by atoms with Gasteiger partial charge in [0.05, 0.1) is 17.6 Å². The highest BCUT2D eigenvalue weighted by Crippen LogP contribution is 2.19. The maximum absolute atomic E-state index is 12.6. The molecule has 2 rings (SSSR count). The average Bonchev–Trinajstić information content (AvgIpc) is 2.46. The SMILES string of the molecule is Cc1ccc(S(=O)(=O)N2CCO[C@H](/C=C/C(C)C)C2)cc1. The normalized spacial score (nSPS) is 21.2. The minimum Gasteiger partial charge on any atom is -0.371 e. The van der Waals surface area contributed by atoms with Gasteiger partial charge in [-0.2, -0.15) is 4.31 Å². The molecule has 1 aromatic carbocycles. The fourth-order valence-electron chi connectivity index (χ4n) is 2.19. The molecule has 0 spiro atoms. The number of aryl methyl sites for hydroxylation is 1. The molecule has 0 aliphatic carbocycles. The molecule has 1 aliphatic rings. The van der Waals surface area contributed by atoms with Crippen molar-refractivity contribution in [2.24, 2.45) is 5.92 Å². The van der Waals surface area contributed by atoms with Gasteiger partial charge in [0.2, 0.25) is 10.0 Å². The van der Waals surface area contributed by atoms with Gasteiger partial charge in [-0.1, -0.05) is 43.7 Å². The molecule has 0 bridgehead atoms. The fraction of sp³-hybridized carbons (Fsp3) is 0.500. The summed E-state index contributed by atoms with van der Waals surface area (Å²) < 4.78 is 32.4. The lowest BCUT2D eigenvalue weighted by atomic mass is 10.1. The van der Waals surface area contributed by atoms with Crippen LogP contribution < -0.4 is 0 Å². The van der Waals surface area contributed by atoms with E-state index in [0.717, 1.165) is 5.56 Å². The third kappa shape index (κ3) is 4.15. The van der Waals surface area contributed by atoms with E-state index in [9.17, 15) is 8.42 Å². The lowest BCUT2D eigenvalue weighted by molar-refractivity contribution is 0.0266. The standard InChI is InChI=1S/C16H23NO3S/c1-13(2)4-7-15-12-17(10-11-20-15)21(18,19)16-8-5-14(3)6-9-16/h4-9,13,15H,10-12H2,1-3H3/b7-4+/t15-/m1/s1. The lowest BCUT2D eigenvalue weighted by Gasteiger charge is -2.30. The molecule has 1 heterocycles. The van der Waals surface area contributed by atoms with Crippen LogP contribution in [0.4, 0.5) is 0 Å². The first kappa shape index (κ1) is 16.2. The average molecular weight is 309 g/mol. The molecular weight excluding hydrogens is 286 g/mol. The van der Waals surface area contributed by atoms with Crippen molar-refractivity contribution in [2.75, 3.05) is 19.7 Å². The van der Waals surface area contributed by atoms with E-state index in [4.69, 9.17) is 4.74 Å². The predicted octanol–water partition coefficient (Wildman–Crippen LogP) is 2.60. The van der Waals surface area contributed by atoms with Crippen LogP contribution in [0.2, 0.25) is 0 Å². The number of hydrogen-bond acceptors (Lipinski definition) is 3. The Balaban J connectivity index is 2.14. The van der Waals surface area contributed by atoms with Gasteiger partial charge < -0.3 is 4.74 Å². The maximum Gasteiger partial charge on any atom is 0.243 e. The van der Waals surface area contributed by atoms with E-state index in [2.05, 4.69) is 13.8 Å². The van der Waals surface area contributed by atoms with Crippen molar-refractivity contribution in [3.8, 4) is 0 Å². The van der Waals surface area contributed by atoms with Crippen LogP contribution in [0.3, 0.4) is 0 Å². The third-order valence-electron chi connectivity index (χ3n) is 3.43. The van der Waals surface area contributed by atoms with E-state index in [1.54, 1.807) is 12.1 Å². The van der Waals surface area contributed by atoms with Gasteiger partial charge in [-0.3, -0.25) is 0 Å². The topological polar surface area (TPSA) is 46.6 Å². The molecule has 0 radical (unpaired) electrons. The molecule has 0 amide bonds. The quantitative estimate of drug-likeness (QED) is 0.803. The zero-order chi connectivity index (χ0) is 15.5. The van der Waals surface area contributed by atoms with Crippen molar-refractivity contribution in [3.63, 3.8) is 0 Å². The zero-order valence-corrected chi connectivity index (χ0v) is 13.6. The number of sulfonamides is 1. The van der Waals surface area contributed by atoms with Crippen LogP contribution in [-0.2, 0) is 14.8 Å². The second kappa shape index (κ2) is 6.73. The van der Waals surface area contributed by atoms with E-state index in [1.165, 1.54) is 4.31 Å². The third-order valence-corrected chi connectivity index (χ3v) is 5.30. The van der Waals surface area contributed by atoms with Gasteiger partial charge >= 0.3 is 0 Å². The summed E-state index contributed by atoms with van der Waals surface area (Å²) in [5, 5.41) is 0. The van der Waals surface area contributed by atoms with Gasteiger partial charge in [-0.15, -0.1) is 0 Å². The number of morpholine rings is 1. The number of allylic oxidation sites excluding steroid dienone is 1. The summed E-state index contributed by atoms with van der Waals surface area (Å²) in [6.45, 7) is 7.32. The Hall–Kier alpha value is -1.17. The molecule has 1 aliphatic heterocycles. The van der Waals surface area contributed by atoms with E-state index >= 15 is 0 Å². The van der Waals surface area contributed by atoms with Gasteiger partial charge in [0.25, 0.3) is 0 Å². The second-order valence-electron chi connectivity index (χ2n) is 5.71. The molecule has 1 fully saturated rings. The molecule has 5 heteroatoms. The van der Waals surface area contributed by atoms with Crippen molar-refractivity contribution in [3.05, 3.63) is 42.0 Å². The fourth-order valence-corrected chi connectivity index (χ4v) is 3.63. The Morgan fingerprint density at radius 2 is 1.95 bits per heavy atom. The molecule has 1 saturated heterocycles. The molecule has 1 aromatic rings. The Morgan fingerprint density at radius 3 is 2.57 bits per heavy atom. The highest BCUT2D eigenvalue weighted by molar-refractivity contribution is 7.89. The summed E-state index contributed by atoms with van der Waals surface area (Å²) >= 11 is 0. The van der Waals surface area contributed by atoms with Crippen LogP contribution in [0.25, 0.3) is 0 Å². The first-order valence-corrected chi connectivity index (χ1v) is 8.70. The summed E-state index contributed by atoms with van der Waals surface area (Å²) in [7, 11) is -3.43. The van der Waals surface area contributed by atoms with E-state index in [0.29, 0.717) is 30.5 Å². The number of nitrogens with zero attached hydrogens (tertiary/aromatic N) is 1. The van der Waals surface area contributed by atoms with Gasteiger partial charge in [0, 0.05) is 13.1 Å². The Morgan fingerprint density at radius 1 is 1.29 bits per heavy atom. The molecule has 4 nitrogen and oxygen atoms in total. The van der Waals surface area contributed by atoms with Crippen LogP contribution in [0.1, 0.15) is 19.4 Å². The van der Waals surface area contributed by atoms with E-state index in [1.807, 2.05) is 31.2 Å². The molecule has 116 valence electrons. The summed E-state index contributed by atoms with van der Waals surface area (Å²) in [6.07, 6.45) is 3.84. The van der Waals surface area contributed by atoms with Crippen molar-refractivity contribution >= 4 is 10.0 Å². The number of ether oxygens (including phenoxy) is 1. The first-order valence-electron chi connectivity index (χ1n) is 7.26. The van der Waals surface area contributed by atoms with Gasteiger partial charge in [0.15, 0.2) is 0 Å². The number of rotatable bonds is 4.